The van der Waals surface area contributed by atoms with Crippen molar-refractivity contribution in [2.75, 3.05) is 7.11 Å². The minimum Gasteiger partial charge on any atom is -0.464 e. The highest BCUT2D eigenvalue weighted by atomic mass is 32.2. The second-order valence-electron chi connectivity index (χ2n) is 5.94. The molecule has 1 aromatic rings. The number of sulfonamides is 1. The molecule has 0 spiro atoms. The summed E-state index contributed by atoms with van der Waals surface area (Å²) in [5.41, 5.74) is 0. The summed E-state index contributed by atoms with van der Waals surface area (Å²) in [6, 6.07) is 2.15. The maximum atomic E-state index is 12.4. The van der Waals surface area contributed by atoms with Gasteiger partial charge in [0.15, 0.2) is 0 Å². The molecule has 0 bridgehead atoms. The summed E-state index contributed by atoms with van der Waals surface area (Å²) in [7, 11) is -1.86. The zero-order valence-corrected chi connectivity index (χ0v) is 13.2. The van der Waals surface area contributed by atoms with Crippen molar-refractivity contribution >= 4 is 10.0 Å². The van der Waals surface area contributed by atoms with E-state index < -0.39 is 10.0 Å². The van der Waals surface area contributed by atoms with Gasteiger partial charge in [-0.1, -0.05) is 0 Å². The molecule has 1 aromatic heterocycles. The normalized spacial score (nSPS) is 25.8. The number of aryl methyl sites for hydroxylation is 1. The molecule has 0 unspecified atom stereocenters. The molecule has 2 aliphatic carbocycles. The lowest BCUT2D eigenvalue weighted by Gasteiger charge is -2.34. The van der Waals surface area contributed by atoms with Gasteiger partial charge in [0, 0.05) is 25.3 Å². The predicted molar refractivity (Wildman–Crippen MR) is 77.4 cm³/mol. The highest BCUT2D eigenvalue weighted by molar-refractivity contribution is 7.89. The van der Waals surface area contributed by atoms with E-state index in [0.29, 0.717) is 24.1 Å². The molecule has 2 fully saturated rings. The summed E-state index contributed by atoms with van der Waals surface area (Å²) in [6.45, 7) is 2.27. The molecular weight excluding hydrogens is 292 g/mol. The Morgan fingerprint density at radius 1 is 1.33 bits per heavy atom. The highest BCUT2D eigenvalue weighted by Crippen LogP contribution is 2.27. The van der Waals surface area contributed by atoms with Crippen LogP contribution in [0.3, 0.4) is 0 Å². The quantitative estimate of drug-likeness (QED) is 0.793. The SMILES string of the molecule is COC1CC(NS(=O)(=O)c2cc(CNC3CC3)oc2C)C1. The third kappa shape index (κ3) is 3.48. The van der Waals surface area contributed by atoms with Gasteiger partial charge in [0.25, 0.3) is 0 Å². The van der Waals surface area contributed by atoms with E-state index >= 15 is 0 Å². The van der Waals surface area contributed by atoms with Gasteiger partial charge in [-0.2, -0.15) is 0 Å². The van der Waals surface area contributed by atoms with E-state index in [2.05, 4.69) is 10.0 Å². The number of nitrogens with one attached hydrogen (secondary N) is 2. The van der Waals surface area contributed by atoms with Gasteiger partial charge in [-0.3, -0.25) is 0 Å². The lowest BCUT2D eigenvalue weighted by atomic mass is 9.90. The van der Waals surface area contributed by atoms with E-state index in [1.54, 1.807) is 20.1 Å². The molecule has 1 heterocycles. The average Bonchev–Trinajstić information content (AvgIpc) is 3.13. The van der Waals surface area contributed by atoms with Gasteiger partial charge in [0.05, 0.1) is 12.6 Å². The van der Waals surface area contributed by atoms with E-state index in [9.17, 15) is 8.42 Å². The van der Waals surface area contributed by atoms with Crippen molar-refractivity contribution in [3.05, 3.63) is 17.6 Å². The van der Waals surface area contributed by atoms with Crippen LogP contribution >= 0.6 is 0 Å². The predicted octanol–water partition coefficient (Wildman–Crippen LogP) is 1.30. The van der Waals surface area contributed by atoms with Gasteiger partial charge < -0.3 is 14.5 Å². The van der Waals surface area contributed by atoms with Crippen LogP contribution in [0.4, 0.5) is 0 Å². The van der Waals surface area contributed by atoms with Crippen LogP contribution in [-0.2, 0) is 21.3 Å². The molecule has 2 saturated carbocycles. The second-order valence-corrected chi connectivity index (χ2v) is 7.62. The number of furan rings is 1. The molecule has 21 heavy (non-hydrogen) atoms. The fourth-order valence-electron chi connectivity index (χ4n) is 2.55. The lowest BCUT2D eigenvalue weighted by molar-refractivity contribution is 0.0236. The van der Waals surface area contributed by atoms with Crippen molar-refractivity contribution in [2.24, 2.45) is 0 Å². The molecule has 0 radical (unpaired) electrons. The summed E-state index contributed by atoms with van der Waals surface area (Å²) in [5.74, 6) is 1.11. The van der Waals surface area contributed by atoms with Gasteiger partial charge in [-0.25, -0.2) is 13.1 Å². The summed E-state index contributed by atoms with van der Waals surface area (Å²) in [6.07, 6.45) is 4.00. The molecular formula is C14H22N2O4S. The maximum absolute atomic E-state index is 12.4. The van der Waals surface area contributed by atoms with E-state index in [-0.39, 0.29) is 17.0 Å². The van der Waals surface area contributed by atoms with E-state index in [4.69, 9.17) is 9.15 Å². The average molecular weight is 314 g/mol. The Hall–Kier alpha value is -0.890. The Balaban J connectivity index is 1.63. The first-order valence-corrected chi connectivity index (χ1v) is 8.84. The van der Waals surface area contributed by atoms with Gasteiger partial charge >= 0.3 is 0 Å². The van der Waals surface area contributed by atoms with E-state index in [1.807, 2.05) is 0 Å². The minimum absolute atomic E-state index is 0.0395. The first-order valence-electron chi connectivity index (χ1n) is 7.36. The van der Waals surface area contributed by atoms with Crippen molar-refractivity contribution in [3.63, 3.8) is 0 Å². The third-order valence-corrected chi connectivity index (χ3v) is 5.73. The number of methoxy groups -OCH3 is 1. The van der Waals surface area contributed by atoms with Crippen molar-refractivity contribution in [2.45, 2.75) is 62.2 Å². The molecule has 0 aliphatic heterocycles. The molecule has 6 nitrogen and oxygen atoms in total. The lowest BCUT2D eigenvalue weighted by Crippen LogP contribution is -2.47. The molecule has 2 aliphatic rings. The van der Waals surface area contributed by atoms with Crippen LogP contribution in [0.15, 0.2) is 15.4 Å². The van der Waals surface area contributed by atoms with E-state index in [1.165, 1.54) is 12.8 Å². The van der Waals surface area contributed by atoms with Gasteiger partial charge in [0.1, 0.15) is 16.4 Å². The number of hydrogen-bond acceptors (Lipinski definition) is 5. The van der Waals surface area contributed by atoms with Crippen molar-refractivity contribution < 1.29 is 17.6 Å². The van der Waals surface area contributed by atoms with Crippen molar-refractivity contribution in [1.82, 2.24) is 10.0 Å². The van der Waals surface area contributed by atoms with Crippen LogP contribution in [0.1, 0.15) is 37.2 Å². The minimum atomic E-state index is -3.51. The van der Waals surface area contributed by atoms with Gasteiger partial charge in [-0.05, 0) is 32.6 Å². The van der Waals surface area contributed by atoms with Crippen LogP contribution < -0.4 is 10.0 Å². The first-order chi connectivity index (χ1) is 9.98. The zero-order valence-electron chi connectivity index (χ0n) is 12.4. The monoisotopic (exact) mass is 314 g/mol. The van der Waals surface area contributed by atoms with Crippen LogP contribution in [-0.4, -0.2) is 33.7 Å². The van der Waals surface area contributed by atoms with E-state index in [0.717, 1.165) is 12.8 Å². The van der Waals surface area contributed by atoms with Gasteiger partial charge in [-0.15, -0.1) is 0 Å². The van der Waals surface area contributed by atoms with Gasteiger partial charge in [0.2, 0.25) is 10.0 Å². The summed E-state index contributed by atoms with van der Waals surface area (Å²) in [5, 5.41) is 3.32. The molecule has 118 valence electrons. The third-order valence-electron chi connectivity index (χ3n) is 4.11. The Labute approximate surface area is 125 Å². The Morgan fingerprint density at radius 3 is 2.67 bits per heavy atom. The first kappa shape index (κ1) is 15.0. The molecule has 2 N–H and O–H groups in total. The summed E-state index contributed by atoms with van der Waals surface area (Å²) < 4.78 is 38.2. The topological polar surface area (TPSA) is 80.6 Å². The molecule has 0 amide bonds. The molecule has 0 aromatic carbocycles. The molecule has 0 saturated heterocycles. The summed E-state index contributed by atoms with van der Waals surface area (Å²) in [4.78, 5) is 0.246. The van der Waals surface area contributed by atoms with Crippen molar-refractivity contribution in [1.29, 1.82) is 0 Å². The largest absolute Gasteiger partial charge is 0.464 e. The van der Waals surface area contributed by atoms with Crippen LogP contribution in [0.2, 0.25) is 0 Å². The molecule has 7 heteroatoms. The van der Waals surface area contributed by atoms with Crippen molar-refractivity contribution in [3.8, 4) is 0 Å². The Kier molecular flexibility index (Phi) is 4.09. The zero-order chi connectivity index (χ0) is 15.0. The standard InChI is InChI=1S/C14H22N2O4S/c1-9-14(7-13(20-9)8-15-10-3-4-10)21(17,18)16-11-5-12(6-11)19-2/h7,10-12,15-16H,3-6,8H2,1-2H3. The van der Waals surface area contributed by atoms with Crippen LogP contribution in [0.25, 0.3) is 0 Å². The summed E-state index contributed by atoms with van der Waals surface area (Å²) >= 11 is 0. The second kappa shape index (κ2) is 5.72. The highest BCUT2D eigenvalue weighted by Gasteiger charge is 2.34. The number of rotatable bonds is 7. The fraction of sp³-hybridized carbons (Fsp3) is 0.714. The Morgan fingerprint density at radius 2 is 2.05 bits per heavy atom. The number of hydrogen-bond donors (Lipinski definition) is 2. The van der Waals surface area contributed by atoms with Crippen LogP contribution in [0, 0.1) is 6.92 Å². The fourth-order valence-corrected chi connectivity index (χ4v) is 4.01. The smallest absolute Gasteiger partial charge is 0.244 e. The van der Waals surface area contributed by atoms with Crippen LogP contribution in [0.5, 0.6) is 0 Å². The maximum Gasteiger partial charge on any atom is 0.244 e. The molecule has 0 atom stereocenters. The Bertz CT molecular complexity index is 600. The number of ether oxygens (including phenoxy) is 1. The molecule has 3 rings (SSSR count).